The lowest BCUT2D eigenvalue weighted by Gasteiger charge is -2.32. The van der Waals surface area contributed by atoms with Crippen LogP contribution in [0.3, 0.4) is 0 Å². The predicted molar refractivity (Wildman–Crippen MR) is 145 cm³/mol. The van der Waals surface area contributed by atoms with Gasteiger partial charge in [-0.25, -0.2) is 4.98 Å². The van der Waals surface area contributed by atoms with E-state index in [-0.39, 0.29) is 11.2 Å². The Labute approximate surface area is 222 Å². The van der Waals surface area contributed by atoms with Crippen LogP contribution >= 0.6 is 46.3 Å². The second-order valence-electron chi connectivity index (χ2n) is 8.72. The minimum absolute atomic E-state index is 0.0605. The number of methoxy groups -OCH3 is 1. The maximum absolute atomic E-state index is 14.1. The Morgan fingerprint density at radius 3 is 2.66 bits per heavy atom. The lowest BCUT2D eigenvalue weighted by Crippen LogP contribution is -2.34. The van der Waals surface area contributed by atoms with Gasteiger partial charge in [-0.05, 0) is 60.9 Å². The Morgan fingerprint density at radius 2 is 1.97 bits per heavy atom. The molecule has 5 nitrogen and oxygen atoms in total. The van der Waals surface area contributed by atoms with E-state index in [4.69, 9.17) is 37.7 Å². The number of thiophene rings is 1. The van der Waals surface area contributed by atoms with Crippen molar-refractivity contribution in [2.24, 2.45) is 0 Å². The maximum Gasteiger partial charge on any atom is 0.267 e. The number of nitrogens with zero attached hydrogens (tertiary/aromatic N) is 2. The normalized spacial score (nSPS) is 17.5. The summed E-state index contributed by atoms with van der Waals surface area (Å²) < 4.78 is 13.2. The number of aromatic nitrogens is 2. The largest absolute Gasteiger partial charge is 0.497 e. The lowest BCUT2D eigenvalue weighted by atomic mass is 9.90. The smallest absolute Gasteiger partial charge is 0.267 e. The first kappa shape index (κ1) is 24.7. The number of benzene rings is 2. The average molecular weight is 548 g/mol. The molecule has 0 saturated carbocycles. The monoisotopic (exact) mass is 546 g/mol. The Bertz CT molecular complexity index is 1470. The molecule has 0 amide bonds. The summed E-state index contributed by atoms with van der Waals surface area (Å²) in [6.45, 7) is 4.73. The van der Waals surface area contributed by atoms with Crippen molar-refractivity contribution in [3.05, 3.63) is 78.9 Å². The van der Waals surface area contributed by atoms with Gasteiger partial charge in [0, 0.05) is 17.1 Å². The van der Waals surface area contributed by atoms with Gasteiger partial charge in [-0.1, -0.05) is 48.0 Å². The van der Waals surface area contributed by atoms with Gasteiger partial charge in [0.15, 0.2) is 5.16 Å². The summed E-state index contributed by atoms with van der Waals surface area (Å²) in [4.78, 5) is 20.9. The van der Waals surface area contributed by atoms with Gasteiger partial charge in [0.1, 0.15) is 10.6 Å². The Kier molecular flexibility index (Phi) is 6.90. The molecule has 0 N–H and O–H groups in total. The van der Waals surface area contributed by atoms with Crippen LogP contribution in [0.4, 0.5) is 0 Å². The Hall–Kier alpha value is -2.03. The zero-order chi connectivity index (χ0) is 24.7. The van der Waals surface area contributed by atoms with Crippen molar-refractivity contribution in [1.82, 2.24) is 9.55 Å². The van der Waals surface area contributed by atoms with E-state index in [2.05, 4.69) is 13.8 Å². The van der Waals surface area contributed by atoms with Crippen molar-refractivity contribution in [2.75, 3.05) is 7.11 Å². The minimum Gasteiger partial charge on any atom is -0.497 e. The molecule has 9 heteroatoms. The molecule has 35 heavy (non-hydrogen) atoms. The molecule has 1 aliphatic rings. The second kappa shape index (κ2) is 9.79. The number of halogens is 2. The first-order valence-electron chi connectivity index (χ1n) is 11.2. The summed E-state index contributed by atoms with van der Waals surface area (Å²) in [5, 5.41) is 2.34. The van der Waals surface area contributed by atoms with Gasteiger partial charge in [0.25, 0.3) is 5.56 Å². The number of thioether (sulfide) groups is 1. The van der Waals surface area contributed by atoms with Gasteiger partial charge < -0.3 is 9.47 Å². The van der Waals surface area contributed by atoms with Crippen LogP contribution in [0, 0.1) is 0 Å². The minimum atomic E-state index is -0.278. The van der Waals surface area contributed by atoms with Crippen molar-refractivity contribution in [3.63, 3.8) is 0 Å². The molecule has 0 aliphatic carbocycles. The van der Waals surface area contributed by atoms with Crippen molar-refractivity contribution in [2.45, 2.75) is 49.8 Å². The lowest BCUT2D eigenvalue weighted by molar-refractivity contribution is -0.0543. The molecular formula is C26H24Cl2N2O3S2. The zero-order valence-electron chi connectivity index (χ0n) is 19.6. The molecular weight excluding hydrogens is 523 g/mol. The van der Waals surface area contributed by atoms with E-state index >= 15 is 0 Å². The third-order valence-electron chi connectivity index (χ3n) is 6.41. The molecule has 0 unspecified atom stereocenters. The van der Waals surface area contributed by atoms with Crippen LogP contribution in [0.2, 0.25) is 10.0 Å². The summed E-state index contributed by atoms with van der Waals surface area (Å²) in [6, 6.07) is 13.0. The third kappa shape index (κ3) is 4.72. The summed E-state index contributed by atoms with van der Waals surface area (Å²) in [5.74, 6) is 1.32. The molecule has 3 heterocycles. The topological polar surface area (TPSA) is 53.4 Å². The van der Waals surface area contributed by atoms with Gasteiger partial charge in [-0.3, -0.25) is 9.36 Å². The highest BCUT2D eigenvalue weighted by Gasteiger charge is 2.33. The van der Waals surface area contributed by atoms with Gasteiger partial charge in [0.05, 0.1) is 40.4 Å². The fourth-order valence-electron chi connectivity index (χ4n) is 4.16. The molecule has 0 spiro atoms. The Balaban J connectivity index is 1.64. The first-order valence-corrected chi connectivity index (χ1v) is 13.8. The first-order chi connectivity index (χ1) is 16.8. The van der Waals surface area contributed by atoms with E-state index < -0.39 is 0 Å². The maximum atomic E-state index is 14.1. The average Bonchev–Trinajstić information content (AvgIpc) is 3.22. The molecule has 1 atom stereocenters. The van der Waals surface area contributed by atoms with E-state index in [1.807, 2.05) is 36.4 Å². The van der Waals surface area contributed by atoms with Crippen molar-refractivity contribution in [1.29, 1.82) is 0 Å². The highest BCUT2D eigenvalue weighted by Crippen LogP contribution is 2.39. The summed E-state index contributed by atoms with van der Waals surface area (Å²) >= 11 is 15.3. The van der Waals surface area contributed by atoms with Crippen molar-refractivity contribution in [3.8, 4) is 11.4 Å². The van der Waals surface area contributed by atoms with Crippen molar-refractivity contribution < 1.29 is 9.47 Å². The highest BCUT2D eigenvalue weighted by molar-refractivity contribution is 7.98. The van der Waals surface area contributed by atoms with Crippen LogP contribution in [0.15, 0.2) is 52.4 Å². The van der Waals surface area contributed by atoms with Crippen molar-refractivity contribution >= 4 is 56.5 Å². The van der Waals surface area contributed by atoms with Crippen LogP contribution in [-0.4, -0.2) is 22.3 Å². The SMILES string of the molecule is CC[C@]1(C)Cc2c(sc3nc(SCc4ccc(Cl)c(Cl)c4)n(-c4ccc(OC)cc4)c(=O)c23)CO1. The quantitative estimate of drug-likeness (QED) is 0.187. The van der Waals surface area contributed by atoms with Crippen LogP contribution in [0.1, 0.15) is 36.3 Å². The molecule has 182 valence electrons. The number of rotatable bonds is 6. The van der Waals surface area contributed by atoms with E-state index in [0.29, 0.717) is 39.4 Å². The Morgan fingerprint density at radius 1 is 1.20 bits per heavy atom. The summed E-state index contributed by atoms with van der Waals surface area (Å²) in [7, 11) is 1.62. The molecule has 0 bridgehead atoms. The number of ether oxygens (including phenoxy) is 2. The molecule has 4 aromatic rings. The molecule has 2 aromatic carbocycles. The van der Waals surface area contributed by atoms with E-state index in [1.54, 1.807) is 29.1 Å². The standard InChI is InChI=1S/C26H24Cl2N2O3S2/c1-4-26(2)12-18-21(13-33-26)35-23-22(18)24(31)30(16-6-8-17(32-3)9-7-16)25(29-23)34-14-15-5-10-19(27)20(28)11-15/h5-11H,4,12-14H2,1-3H3/t26-/m1/s1. The fourth-order valence-corrected chi connectivity index (χ4v) is 6.58. The second-order valence-corrected chi connectivity index (χ2v) is 11.6. The fraction of sp³-hybridized carbons (Fsp3) is 0.308. The third-order valence-corrected chi connectivity index (χ3v) is 9.26. The molecule has 0 saturated heterocycles. The molecule has 2 aromatic heterocycles. The predicted octanol–water partition coefficient (Wildman–Crippen LogP) is 7.30. The van der Waals surface area contributed by atoms with Gasteiger partial charge in [-0.2, -0.15) is 0 Å². The number of hydrogen-bond acceptors (Lipinski definition) is 6. The summed E-state index contributed by atoms with van der Waals surface area (Å²) in [6.07, 6.45) is 1.58. The van der Waals surface area contributed by atoms with E-state index in [0.717, 1.165) is 38.7 Å². The molecule has 1 aliphatic heterocycles. The van der Waals surface area contributed by atoms with E-state index in [9.17, 15) is 4.79 Å². The van der Waals surface area contributed by atoms with Gasteiger partial charge in [-0.15, -0.1) is 11.3 Å². The van der Waals surface area contributed by atoms with Crippen LogP contribution < -0.4 is 10.3 Å². The molecule has 0 radical (unpaired) electrons. The summed E-state index contributed by atoms with van der Waals surface area (Å²) in [5.41, 5.74) is 2.47. The number of fused-ring (bicyclic) bond motifs is 3. The van der Waals surface area contributed by atoms with Crippen LogP contribution in [-0.2, 0) is 23.5 Å². The molecule has 5 rings (SSSR count). The molecule has 0 fully saturated rings. The van der Waals surface area contributed by atoms with Crippen LogP contribution in [0.25, 0.3) is 15.9 Å². The van der Waals surface area contributed by atoms with Gasteiger partial charge >= 0.3 is 0 Å². The highest BCUT2D eigenvalue weighted by atomic mass is 35.5. The van der Waals surface area contributed by atoms with Crippen LogP contribution in [0.5, 0.6) is 5.75 Å². The zero-order valence-corrected chi connectivity index (χ0v) is 22.7. The number of hydrogen-bond donors (Lipinski definition) is 0. The van der Waals surface area contributed by atoms with E-state index in [1.165, 1.54) is 11.8 Å². The van der Waals surface area contributed by atoms with Gasteiger partial charge in [0.2, 0.25) is 0 Å².